The van der Waals surface area contributed by atoms with Crippen LogP contribution in [-0.2, 0) is 14.3 Å². The van der Waals surface area contributed by atoms with Crippen molar-refractivity contribution in [3.63, 3.8) is 0 Å². The number of alkyl halides is 3. The van der Waals surface area contributed by atoms with E-state index < -0.39 is 53.8 Å². The highest BCUT2D eigenvalue weighted by molar-refractivity contribution is 6.32. The molecule has 1 aliphatic heterocycles. The Morgan fingerprint density at radius 3 is 2.55 bits per heavy atom. The van der Waals surface area contributed by atoms with Gasteiger partial charge in [0.1, 0.15) is 11.6 Å². The number of halogens is 5. The Kier molecular flexibility index (Phi) is 6.28. The van der Waals surface area contributed by atoms with Crippen molar-refractivity contribution in [1.82, 2.24) is 5.32 Å². The number of urea groups is 1. The van der Waals surface area contributed by atoms with Crippen LogP contribution in [0.2, 0.25) is 5.02 Å². The second-order valence-corrected chi connectivity index (χ2v) is 6.35. The summed E-state index contributed by atoms with van der Waals surface area (Å²) in [7, 11) is 0. The monoisotopic (exact) mass is 442 g/mol. The molecule has 0 aromatic heterocycles. The first-order chi connectivity index (χ1) is 13.3. The Hall–Kier alpha value is -2.60. The maximum absolute atomic E-state index is 14.3. The average Bonchev–Trinajstić information content (AvgIpc) is 2.57. The van der Waals surface area contributed by atoms with Gasteiger partial charge in [-0.05, 0) is 19.9 Å². The molecule has 1 fully saturated rings. The summed E-state index contributed by atoms with van der Waals surface area (Å²) < 4.78 is 63.0. The number of hydrogen-bond acceptors (Lipinski definition) is 6. The standard InChI is InChI=1S/C16H15ClF4N2O6/c1-3-28-13(25)7(2)29-11-5-10(9(18)4-8(11)17)23-12(24)6-15(27,16(19,20)21)22-14(23)26/h4-5,7,27H,3,6H2,1-2H3,(H,22,26). The highest BCUT2D eigenvalue weighted by Gasteiger charge is 2.60. The number of nitrogens with one attached hydrogen (secondary N) is 1. The molecule has 160 valence electrons. The number of rotatable bonds is 5. The molecule has 1 aliphatic rings. The fraction of sp³-hybridized carbons (Fsp3) is 0.438. The summed E-state index contributed by atoms with van der Waals surface area (Å²) in [4.78, 5) is 35.9. The zero-order valence-corrected chi connectivity index (χ0v) is 15.7. The third-order valence-corrected chi connectivity index (χ3v) is 4.10. The molecule has 1 saturated heterocycles. The molecule has 0 aliphatic carbocycles. The molecular formula is C16H15ClF4N2O6. The van der Waals surface area contributed by atoms with Gasteiger partial charge in [-0.2, -0.15) is 13.2 Å². The second-order valence-electron chi connectivity index (χ2n) is 5.94. The third kappa shape index (κ3) is 4.53. The van der Waals surface area contributed by atoms with Crippen LogP contribution in [0.15, 0.2) is 12.1 Å². The van der Waals surface area contributed by atoms with E-state index in [2.05, 4.69) is 0 Å². The van der Waals surface area contributed by atoms with Crippen LogP contribution in [0.5, 0.6) is 5.75 Å². The molecule has 0 saturated carbocycles. The lowest BCUT2D eigenvalue weighted by Crippen LogP contribution is -2.68. The van der Waals surface area contributed by atoms with E-state index in [0.717, 1.165) is 6.07 Å². The van der Waals surface area contributed by atoms with Gasteiger partial charge in [0.15, 0.2) is 6.10 Å². The van der Waals surface area contributed by atoms with Crippen molar-refractivity contribution in [3.8, 4) is 5.75 Å². The number of carbonyl (C=O) groups is 3. The van der Waals surface area contributed by atoms with E-state index in [1.54, 1.807) is 6.92 Å². The van der Waals surface area contributed by atoms with Crippen LogP contribution >= 0.6 is 11.6 Å². The maximum atomic E-state index is 14.3. The average molecular weight is 443 g/mol. The normalized spacial score (nSPS) is 20.9. The third-order valence-electron chi connectivity index (χ3n) is 3.81. The van der Waals surface area contributed by atoms with E-state index in [9.17, 15) is 37.1 Å². The van der Waals surface area contributed by atoms with Gasteiger partial charge < -0.3 is 19.9 Å². The highest BCUT2D eigenvalue weighted by Crippen LogP contribution is 2.38. The van der Waals surface area contributed by atoms with E-state index >= 15 is 0 Å². The molecule has 2 atom stereocenters. The number of hydrogen-bond donors (Lipinski definition) is 2. The first-order valence-electron chi connectivity index (χ1n) is 8.07. The molecule has 1 aromatic carbocycles. The predicted molar refractivity (Wildman–Crippen MR) is 89.8 cm³/mol. The summed E-state index contributed by atoms with van der Waals surface area (Å²) in [6.07, 6.45) is -8.13. The number of nitrogens with zero attached hydrogens (tertiary/aromatic N) is 1. The number of imide groups is 1. The van der Waals surface area contributed by atoms with Gasteiger partial charge in [0, 0.05) is 6.07 Å². The van der Waals surface area contributed by atoms with E-state index in [1.807, 2.05) is 0 Å². The molecule has 1 heterocycles. The zero-order valence-electron chi connectivity index (χ0n) is 15.0. The van der Waals surface area contributed by atoms with Crippen LogP contribution in [0.1, 0.15) is 20.3 Å². The van der Waals surface area contributed by atoms with Gasteiger partial charge in [-0.15, -0.1) is 0 Å². The Bertz CT molecular complexity index is 829. The van der Waals surface area contributed by atoms with Crippen LogP contribution in [0.3, 0.4) is 0 Å². The van der Waals surface area contributed by atoms with Crippen LogP contribution in [-0.4, -0.2) is 47.6 Å². The number of aliphatic hydroxyl groups is 1. The van der Waals surface area contributed by atoms with Gasteiger partial charge >= 0.3 is 18.2 Å². The van der Waals surface area contributed by atoms with Gasteiger partial charge in [-0.1, -0.05) is 11.6 Å². The first kappa shape index (κ1) is 22.7. The zero-order chi connectivity index (χ0) is 22.1. The first-order valence-corrected chi connectivity index (χ1v) is 8.45. The summed E-state index contributed by atoms with van der Waals surface area (Å²) in [5, 5.41) is 10.4. The number of ether oxygens (including phenoxy) is 2. The van der Waals surface area contributed by atoms with Crippen molar-refractivity contribution in [1.29, 1.82) is 0 Å². The summed E-state index contributed by atoms with van der Waals surface area (Å²) in [5.41, 5.74) is -4.58. The SMILES string of the molecule is CCOC(=O)C(C)Oc1cc(N2C(=O)CC(O)(C(F)(F)F)NC2=O)c(F)cc1Cl. The fourth-order valence-electron chi connectivity index (χ4n) is 2.38. The molecule has 2 N–H and O–H groups in total. The van der Waals surface area contributed by atoms with Crippen molar-refractivity contribution in [2.45, 2.75) is 38.3 Å². The summed E-state index contributed by atoms with van der Waals surface area (Å²) in [5.74, 6) is -3.87. The molecule has 0 spiro atoms. The molecule has 3 amide bonds. The smallest absolute Gasteiger partial charge is 0.437 e. The topological polar surface area (TPSA) is 105 Å². The molecule has 0 radical (unpaired) electrons. The lowest BCUT2D eigenvalue weighted by atomic mass is 10.1. The molecule has 0 bridgehead atoms. The lowest BCUT2D eigenvalue weighted by molar-refractivity contribution is -0.269. The Morgan fingerprint density at radius 2 is 2.03 bits per heavy atom. The van der Waals surface area contributed by atoms with E-state index in [-0.39, 0.29) is 22.3 Å². The van der Waals surface area contributed by atoms with Crippen molar-refractivity contribution in [2.75, 3.05) is 11.5 Å². The molecule has 2 unspecified atom stereocenters. The highest BCUT2D eigenvalue weighted by atomic mass is 35.5. The quantitative estimate of drug-likeness (QED) is 0.536. The number of esters is 1. The maximum Gasteiger partial charge on any atom is 0.437 e. The van der Waals surface area contributed by atoms with Gasteiger partial charge in [0.25, 0.3) is 0 Å². The molecule has 1 aromatic rings. The van der Waals surface area contributed by atoms with Gasteiger partial charge in [0.2, 0.25) is 11.6 Å². The number of anilines is 1. The molecule has 8 nitrogen and oxygen atoms in total. The Balaban J connectivity index is 2.37. The molecule has 2 rings (SSSR count). The summed E-state index contributed by atoms with van der Waals surface area (Å²) in [6.45, 7) is 2.90. The van der Waals surface area contributed by atoms with Crippen molar-refractivity contribution < 1.29 is 46.5 Å². The Labute approximate surface area is 166 Å². The van der Waals surface area contributed by atoms with Crippen molar-refractivity contribution in [2.24, 2.45) is 0 Å². The van der Waals surface area contributed by atoms with Gasteiger partial charge in [-0.25, -0.2) is 18.9 Å². The number of amides is 3. The summed E-state index contributed by atoms with van der Waals surface area (Å²) in [6, 6.07) is -0.301. The van der Waals surface area contributed by atoms with Crippen molar-refractivity contribution >= 4 is 35.2 Å². The molecular weight excluding hydrogens is 428 g/mol. The fourth-order valence-corrected chi connectivity index (χ4v) is 2.58. The minimum atomic E-state index is -5.34. The lowest BCUT2D eigenvalue weighted by Gasteiger charge is -2.38. The van der Waals surface area contributed by atoms with Crippen LogP contribution in [0.25, 0.3) is 0 Å². The van der Waals surface area contributed by atoms with Crippen LogP contribution in [0, 0.1) is 5.82 Å². The number of benzene rings is 1. The van der Waals surface area contributed by atoms with Crippen LogP contribution in [0.4, 0.5) is 28.0 Å². The summed E-state index contributed by atoms with van der Waals surface area (Å²) >= 11 is 5.83. The van der Waals surface area contributed by atoms with Crippen LogP contribution < -0.4 is 15.0 Å². The minimum Gasteiger partial charge on any atom is -0.477 e. The van der Waals surface area contributed by atoms with E-state index in [0.29, 0.717) is 6.07 Å². The molecule has 29 heavy (non-hydrogen) atoms. The van der Waals surface area contributed by atoms with E-state index in [1.165, 1.54) is 12.2 Å². The Morgan fingerprint density at radius 1 is 1.41 bits per heavy atom. The minimum absolute atomic E-state index is 0.0551. The molecule has 13 heteroatoms. The van der Waals surface area contributed by atoms with E-state index in [4.69, 9.17) is 21.1 Å². The second kappa shape index (κ2) is 8.03. The van der Waals surface area contributed by atoms with Gasteiger partial charge in [-0.3, -0.25) is 4.79 Å². The predicted octanol–water partition coefficient (Wildman–Crippen LogP) is 2.51. The number of carbonyl (C=O) groups excluding carboxylic acids is 3. The van der Waals surface area contributed by atoms with Gasteiger partial charge in [0.05, 0.1) is 23.7 Å². The van der Waals surface area contributed by atoms with Crippen molar-refractivity contribution in [3.05, 3.63) is 23.0 Å². The largest absolute Gasteiger partial charge is 0.477 e.